The van der Waals surface area contributed by atoms with Gasteiger partial charge in [0.2, 0.25) is 0 Å². The van der Waals surface area contributed by atoms with Crippen LogP contribution in [0.5, 0.6) is 0 Å². The first-order valence-corrected chi connectivity index (χ1v) is 23.7. The van der Waals surface area contributed by atoms with E-state index in [4.69, 9.17) is 25.0 Å². The van der Waals surface area contributed by atoms with Gasteiger partial charge in [-0.1, -0.05) is 138 Å². The summed E-state index contributed by atoms with van der Waals surface area (Å²) in [6.07, 6.45) is 6.50. The minimum Gasteiger partial charge on any atom is -0.324 e. The Morgan fingerprint density at radius 1 is 0.467 bits per heavy atom. The van der Waals surface area contributed by atoms with E-state index in [0.717, 1.165) is 86.2 Å². The summed E-state index contributed by atoms with van der Waals surface area (Å²) in [4.78, 5) is 43.1. The Kier molecular flexibility index (Phi) is 10.1. The minimum absolute atomic E-state index is 0.0272. The molecule has 1 atom stereocenters. The van der Waals surface area contributed by atoms with Gasteiger partial charge in [0.1, 0.15) is 39.4 Å². The monoisotopic (exact) mass is 868 g/mol. The molecular weight excluding hydrogens is 817 g/mol. The van der Waals surface area contributed by atoms with Crippen molar-refractivity contribution < 1.29 is 0 Å². The quantitative estimate of drug-likeness (QED) is 0.153. The summed E-state index contributed by atoms with van der Waals surface area (Å²) in [6, 6.07) is 19.4. The summed E-state index contributed by atoms with van der Waals surface area (Å²) in [5, 5.41) is 6.09. The van der Waals surface area contributed by atoms with Crippen molar-refractivity contribution in [3.63, 3.8) is 0 Å². The average molecular weight is 869 g/mol. The van der Waals surface area contributed by atoms with Crippen molar-refractivity contribution in [3.8, 4) is 0 Å². The lowest BCUT2D eigenvalue weighted by Gasteiger charge is -2.26. The maximum Gasteiger partial charge on any atom is 0.160 e. The Balaban J connectivity index is 1.45. The smallest absolute Gasteiger partial charge is 0.160 e. The molecule has 3 aliphatic rings. The lowest BCUT2D eigenvalue weighted by atomic mass is 9.95. The molecule has 3 aromatic carbocycles. The van der Waals surface area contributed by atoms with E-state index in [2.05, 4.69) is 171 Å². The number of rotatable bonds is 4. The molecule has 0 fully saturated rings. The van der Waals surface area contributed by atoms with Crippen LogP contribution in [-0.4, -0.2) is 39.8 Å². The third kappa shape index (κ3) is 8.12. The van der Waals surface area contributed by atoms with Crippen molar-refractivity contribution in [1.82, 2.24) is 15.0 Å². The lowest BCUT2D eigenvalue weighted by molar-refractivity contribution is 0.802. The predicted octanol–water partition coefficient (Wildman–Crippen LogP) is 12.2. The molecule has 3 N–H and O–H groups in total. The van der Waals surface area contributed by atoms with Crippen LogP contribution < -0.4 is 22.0 Å². The Bertz CT molecular complexity index is 3150. The van der Waals surface area contributed by atoms with Crippen LogP contribution in [0.25, 0.3) is 32.3 Å². The fourth-order valence-corrected chi connectivity index (χ4v) is 12.3. The Hall–Kier alpha value is -4.23. The summed E-state index contributed by atoms with van der Waals surface area (Å²) >= 11 is 7.36. The standard InChI is InChI=1S/C48H52N8S4/c1-45(2,3)57-29-21-13-17-25-33(29)41-49-37(25)54-42-35-27(19-15-23-31(35)59-47(7,8)9)39(51-42)56-44-36-28(20-16-24-32(36)60-48(10,11)12)40(52-44)55-43-34-26(38(50-43)53-41)18-14-22-30(34)58-46(4,5)6/h13-24,33,52H,1-12H3,(H,51,54,56)(H,49,50,53,55). The number of fused-ring (bicyclic) bond motifs is 18. The molecule has 6 aromatic rings. The van der Waals surface area contributed by atoms with Crippen LogP contribution >= 0.6 is 47.0 Å². The molecule has 0 saturated carbocycles. The third-order valence-electron chi connectivity index (χ3n) is 9.70. The number of thioether (sulfide) groups is 4. The lowest BCUT2D eigenvalue weighted by Crippen LogP contribution is -2.21. The van der Waals surface area contributed by atoms with Gasteiger partial charge < -0.3 is 15.0 Å². The SMILES string of the molecule is CC(C)(C)SC1=CC=CC2=C3N=C(N=c4[nH]/c(c5c(SC(C)(C)C)cccc45)=N\c4[nH]c(c5c(SC(C)(C)C)cccc45)N=c4[nH]c(c5c(SC(C)(C)C)cccc45)=N3)C12. The van der Waals surface area contributed by atoms with Gasteiger partial charge in [-0.05, 0) is 18.2 Å². The molecule has 12 heteroatoms. The van der Waals surface area contributed by atoms with Gasteiger partial charge in [-0.15, -0.1) is 47.0 Å². The zero-order valence-corrected chi connectivity index (χ0v) is 39.6. The molecule has 0 saturated heterocycles. The van der Waals surface area contributed by atoms with E-state index >= 15 is 0 Å². The Morgan fingerprint density at radius 3 is 1.50 bits per heavy atom. The molecule has 9 rings (SSSR count). The topological polar surface area (TPSA) is 109 Å². The Morgan fingerprint density at radius 2 is 0.950 bits per heavy atom. The number of nitrogens with one attached hydrogen (secondary N) is 3. The largest absolute Gasteiger partial charge is 0.324 e. The van der Waals surface area contributed by atoms with E-state index in [0.29, 0.717) is 11.7 Å². The highest BCUT2D eigenvalue weighted by Crippen LogP contribution is 2.46. The first-order chi connectivity index (χ1) is 28.2. The summed E-state index contributed by atoms with van der Waals surface area (Å²) in [5.74, 6) is 2.64. The van der Waals surface area contributed by atoms with E-state index in [-0.39, 0.29) is 24.9 Å². The van der Waals surface area contributed by atoms with Crippen LogP contribution in [0.1, 0.15) is 83.1 Å². The number of aromatic nitrogens is 3. The molecule has 0 amide bonds. The van der Waals surface area contributed by atoms with E-state index in [1.165, 1.54) is 4.91 Å². The maximum absolute atomic E-state index is 5.50. The molecule has 0 radical (unpaired) electrons. The fraction of sp³-hybridized carbons (Fsp3) is 0.354. The number of aromatic amines is 3. The number of H-pyrrole nitrogens is 3. The van der Waals surface area contributed by atoms with E-state index in [1.54, 1.807) is 0 Å². The third-order valence-corrected chi connectivity index (χ3v) is 14.4. The fourth-order valence-electron chi connectivity index (χ4n) is 7.77. The first-order valence-electron chi connectivity index (χ1n) is 20.5. The number of hydrogen-bond donors (Lipinski definition) is 3. The molecule has 5 heterocycles. The minimum atomic E-state index is -0.179. The zero-order valence-electron chi connectivity index (χ0n) is 36.4. The van der Waals surface area contributed by atoms with Gasteiger partial charge in [-0.2, -0.15) is 0 Å². The van der Waals surface area contributed by atoms with Crippen molar-refractivity contribution in [3.05, 3.63) is 111 Å². The molecule has 60 heavy (non-hydrogen) atoms. The van der Waals surface area contributed by atoms with Crippen molar-refractivity contribution >= 4 is 96.8 Å². The predicted molar refractivity (Wildman–Crippen MR) is 258 cm³/mol. The number of aliphatic imine (C=N–C) groups is 1. The van der Waals surface area contributed by atoms with Crippen LogP contribution in [0.3, 0.4) is 0 Å². The molecule has 1 aliphatic carbocycles. The van der Waals surface area contributed by atoms with E-state index in [9.17, 15) is 0 Å². The van der Waals surface area contributed by atoms with Crippen LogP contribution in [-0.2, 0) is 0 Å². The van der Waals surface area contributed by atoms with E-state index in [1.807, 2.05) is 47.0 Å². The number of amidine groups is 1. The second-order valence-electron chi connectivity index (χ2n) is 19.4. The van der Waals surface area contributed by atoms with Gasteiger partial charge in [0, 0.05) is 76.5 Å². The first kappa shape index (κ1) is 41.1. The highest BCUT2D eigenvalue weighted by Gasteiger charge is 2.36. The molecule has 1 unspecified atom stereocenters. The molecule has 308 valence electrons. The van der Waals surface area contributed by atoms with Crippen molar-refractivity contribution in [1.29, 1.82) is 0 Å². The average Bonchev–Trinajstić information content (AvgIpc) is 3.86. The summed E-state index contributed by atoms with van der Waals surface area (Å²) in [6.45, 7) is 27.0. The van der Waals surface area contributed by atoms with Crippen LogP contribution in [0.2, 0.25) is 0 Å². The summed E-state index contributed by atoms with van der Waals surface area (Å²) in [5.41, 5.74) is 3.95. The second kappa shape index (κ2) is 14.7. The van der Waals surface area contributed by atoms with Crippen LogP contribution in [0.4, 0.5) is 11.6 Å². The summed E-state index contributed by atoms with van der Waals surface area (Å²) in [7, 11) is 0. The highest BCUT2D eigenvalue weighted by molar-refractivity contribution is 8.04. The number of allylic oxidation sites excluding steroid dienone is 3. The molecule has 8 bridgehead atoms. The maximum atomic E-state index is 5.50. The zero-order chi connectivity index (χ0) is 42.5. The molecule has 0 spiro atoms. The molecule has 3 aromatic heterocycles. The molecular formula is C48H52N8S4. The summed E-state index contributed by atoms with van der Waals surface area (Å²) < 4.78 is -0.137. The van der Waals surface area contributed by atoms with Gasteiger partial charge >= 0.3 is 0 Å². The van der Waals surface area contributed by atoms with Gasteiger partial charge in [-0.25, -0.2) is 25.0 Å². The van der Waals surface area contributed by atoms with Crippen LogP contribution in [0, 0.1) is 5.92 Å². The molecule has 8 nitrogen and oxygen atoms in total. The number of benzene rings is 3. The van der Waals surface area contributed by atoms with Gasteiger partial charge in [0.05, 0.1) is 5.92 Å². The van der Waals surface area contributed by atoms with Gasteiger partial charge in [-0.3, -0.25) is 0 Å². The van der Waals surface area contributed by atoms with Crippen molar-refractivity contribution in [2.75, 3.05) is 0 Å². The second-order valence-corrected chi connectivity index (χ2v) is 26.9. The van der Waals surface area contributed by atoms with Crippen LogP contribution in [0.15, 0.2) is 129 Å². The highest BCUT2D eigenvalue weighted by atomic mass is 32.2. The van der Waals surface area contributed by atoms with Gasteiger partial charge in [0.15, 0.2) is 5.82 Å². The number of nitrogens with zero attached hydrogens (tertiary/aromatic N) is 5. The number of hydrogen-bond acceptors (Lipinski definition) is 9. The van der Waals surface area contributed by atoms with Crippen molar-refractivity contribution in [2.24, 2.45) is 30.9 Å². The Labute approximate surface area is 368 Å². The van der Waals surface area contributed by atoms with Crippen molar-refractivity contribution in [2.45, 2.75) is 117 Å². The molecule has 2 aliphatic heterocycles. The van der Waals surface area contributed by atoms with E-state index < -0.39 is 0 Å². The normalized spacial score (nSPS) is 17.6. The van der Waals surface area contributed by atoms with Gasteiger partial charge in [0.25, 0.3) is 0 Å².